The van der Waals surface area contributed by atoms with Crippen LogP contribution in [0, 0.1) is 0 Å². The van der Waals surface area contributed by atoms with Crippen molar-refractivity contribution in [3.05, 3.63) is 72.3 Å². The van der Waals surface area contributed by atoms with Crippen LogP contribution in [0.1, 0.15) is 35.7 Å². The van der Waals surface area contributed by atoms with Crippen molar-refractivity contribution in [2.24, 2.45) is 0 Å². The number of nitrogens with one attached hydrogen (secondary N) is 2. The molecule has 0 radical (unpaired) electrons. The molecule has 1 amide bonds. The van der Waals surface area contributed by atoms with Crippen LogP contribution in [-0.2, 0) is 10.0 Å². The number of carbonyl (C=O) groups is 1. The molecule has 2 N–H and O–H groups in total. The molecule has 0 bridgehead atoms. The smallest absolute Gasteiger partial charge is 0.261 e. The average molecular weight is 358 g/mol. The summed E-state index contributed by atoms with van der Waals surface area (Å²) in [6.07, 6.45) is 1.56. The molecule has 132 valence electrons. The van der Waals surface area contributed by atoms with Crippen LogP contribution >= 0.6 is 0 Å². The van der Waals surface area contributed by atoms with Gasteiger partial charge in [0, 0.05) is 12.1 Å². The maximum absolute atomic E-state index is 12.7. The fourth-order valence-electron chi connectivity index (χ4n) is 2.37. The molecular weight excluding hydrogens is 336 g/mol. The molecule has 0 aromatic heterocycles. The van der Waals surface area contributed by atoms with E-state index in [9.17, 15) is 13.2 Å². The van der Waals surface area contributed by atoms with Crippen molar-refractivity contribution < 1.29 is 13.2 Å². The molecule has 5 nitrogen and oxygen atoms in total. The minimum Gasteiger partial charge on any atom is -0.349 e. The van der Waals surface area contributed by atoms with Gasteiger partial charge in [0.05, 0.1) is 10.6 Å². The van der Waals surface area contributed by atoms with E-state index in [0.29, 0.717) is 12.2 Å². The Morgan fingerprint density at radius 1 is 1.16 bits per heavy atom. The standard InChI is InChI=1S/C19H22N2O3S/c1-4-12-20-19(22)15-8-7-9-16(13-15)25(23,24)21-18-11-6-5-10-17(18)14(2)3/h4-11,13-14,21H,1,12H2,2-3H3,(H,20,22). The molecule has 2 aromatic carbocycles. The maximum atomic E-state index is 12.7. The number of rotatable bonds is 7. The summed E-state index contributed by atoms with van der Waals surface area (Å²) in [5.41, 5.74) is 1.73. The molecule has 0 saturated heterocycles. The lowest BCUT2D eigenvalue weighted by molar-refractivity contribution is 0.0958. The van der Waals surface area contributed by atoms with Crippen molar-refractivity contribution in [1.82, 2.24) is 5.32 Å². The fraction of sp³-hybridized carbons (Fsp3) is 0.211. The average Bonchev–Trinajstić information content (AvgIpc) is 2.59. The molecule has 2 aromatic rings. The van der Waals surface area contributed by atoms with Crippen molar-refractivity contribution in [3.8, 4) is 0 Å². The van der Waals surface area contributed by atoms with Gasteiger partial charge in [-0.1, -0.05) is 44.2 Å². The lowest BCUT2D eigenvalue weighted by Gasteiger charge is -2.15. The van der Waals surface area contributed by atoms with E-state index in [1.54, 1.807) is 30.3 Å². The van der Waals surface area contributed by atoms with Crippen molar-refractivity contribution in [1.29, 1.82) is 0 Å². The van der Waals surface area contributed by atoms with E-state index < -0.39 is 10.0 Å². The zero-order valence-electron chi connectivity index (χ0n) is 14.3. The van der Waals surface area contributed by atoms with Crippen molar-refractivity contribution in [2.45, 2.75) is 24.7 Å². The maximum Gasteiger partial charge on any atom is 0.261 e. The predicted molar refractivity (Wildman–Crippen MR) is 100 cm³/mol. The van der Waals surface area contributed by atoms with Crippen LogP contribution in [0.25, 0.3) is 0 Å². The van der Waals surface area contributed by atoms with Crippen LogP contribution in [0.3, 0.4) is 0 Å². The Balaban J connectivity index is 2.32. The number of benzene rings is 2. The van der Waals surface area contributed by atoms with E-state index in [0.717, 1.165) is 5.56 Å². The molecule has 0 aliphatic rings. The molecule has 0 spiro atoms. The summed E-state index contributed by atoms with van der Waals surface area (Å²) in [6.45, 7) is 7.84. The van der Waals surface area contributed by atoms with Crippen LogP contribution in [-0.4, -0.2) is 20.9 Å². The molecule has 2 rings (SSSR count). The van der Waals surface area contributed by atoms with Gasteiger partial charge in [0.2, 0.25) is 0 Å². The number of anilines is 1. The molecule has 0 heterocycles. The molecule has 0 fully saturated rings. The number of para-hydroxylation sites is 1. The van der Waals surface area contributed by atoms with Gasteiger partial charge in [-0.05, 0) is 35.7 Å². The Labute approximate surface area is 148 Å². The minimum atomic E-state index is -3.80. The number of carbonyl (C=O) groups excluding carboxylic acids is 1. The molecule has 0 unspecified atom stereocenters. The largest absolute Gasteiger partial charge is 0.349 e. The van der Waals surface area contributed by atoms with Crippen LogP contribution < -0.4 is 10.0 Å². The fourth-order valence-corrected chi connectivity index (χ4v) is 3.50. The molecule has 6 heteroatoms. The molecule has 0 aliphatic carbocycles. The second-order valence-corrected chi connectivity index (χ2v) is 7.56. The summed E-state index contributed by atoms with van der Waals surface area (Å²) < 4.78 is 28.0. The van der Waals surface area contributed by atoms with Gasteiger partial charge < -0.3 is 5.32 Å². The Bertz CT molecular complexity index is 874. The first-order chi connectivity index (χ1) is 11.8. The van der Waals surface area contributed by atoms with Crippen LogP contribution in [0.5, 0.6) is 0 Å². The molecular formula is C19H22N2O3S. The van der Waals surface area contributed by atoms with Crippen LogP contribution in [0.2, 0.25) is 0 Å². The molecule has 0 atom stereocenters. The Hall–Kier alpha value is -2.60. The Kier molecular flexibility index (Phi) is 5.98. The summed E-state index contributed by atoms with van der Waals surface area (Å²) in [5, 5.41) is 2.63. The molecule has 25 heavy (non-hydrogen) atoms. The van der Waals surface area contributed by atoms with Gasteiger partial charge in [0.1, 0.15) is 0 Å². The summed E-state index contributed by atoms with van der Waals surface area (Å²) in [5.74, 6) is -0.172. The van der Waals surface area contributed by atoms with E-state index in [1.165, 1.54) is 12.1 Å². The zero-order chi connectivity index (χ0) is 18.4. The monoisotopic (exact) mass is 358 g/mol. The van der Waals surface area contributed by atoms with Crippen molar-refractivity contribution in [2.75, 3.05) is 11.3 Å². The lowest BCUT2D eigenvalue weighted by Crippen LogP contribution is -2.23. The first-order valence-electron chi connectivity index (χ1n) is 7.96. The second kappa shape index (κ2) is 7.98. The third-order valence-electron chi connectivity index (χ3n) is 3.64. The number of amides is 1. The molecule has 0 aliphatic heterocycles. The van der Waals surface area contributed by atoms with Gasteiger partial charge in [0.25, 0.3) is 15.9 Å². The van der Waals surface area contributed by atoms with Gasteiger partial charge in [-0.3, -0.25) is 9.52 Å². The zero-order valence-corrected chi connectivity index (χ0v) is 15.1. The number of hydrogen-bond donors (Lipinski definition) is 2. The van der Waals surface area contributed by atoms with Gasteiger partial charge >= 0.3 is 0 Å². The van der Waals surface area contributed by atoms with E-state index >= 15 is 0 Å². The summed E-state index contributed by atoms with van der Waals surface area (Å²) >= 11 is 0. The van der Waals surface area contributed by atoms with E-state index in [2.05, 4.69) is 16.6 Å². The molecule has 0 saturated carbocycles. The SMILES string of the molecule is C=CCNC(=O)c1cccc(S(=O)(=O)Nc2ccccc2C(C)C)c1. The Morgan fingerprint density at radius 2 is 1.88 bits per heavy atom. The highest BCUT2D eigenvalue weighted by atomic mass is 32.2. The lowest BCUT2D eigenvalue weighted by atomic mass is 10.0. The first kappa shape index (κ1) is 18.7. The van der Waals surface area contributed by atoms with Gasteiger partial charge in [-0.15, -0.1) is 6.58 Å². The normalized spacial score (nSPS) is 11.2. The second-order valence-electron chi connectivity index (χ2n) is 5.87. The van der Waals surface area contributed by atoms with Crippen LogP contribution in [0.15, 0.2) is 66.1 Å². The van der Waals surface area contributed by atoms with Gasteiger partial charge in [0.15, 0.2) is 0 Å². The van der Waals surface area contributed by atoms with E-state index in [4.69, 9.17) is 0 Å². The Morgan fingerprint density at radius 3 is 2.56 bits per heavy atom. The summed E-state index contributed by atoms with van der Waals surface area (Å²) in [4.78, 5) is 12.0. The number of hydrogen-bond acceptors (Lipinski definition) is 3. The quantitative estimate of drug-likeness (QED) is 0.744. The highest BCUT2D eigenvalue weighted by Gasteiger charge is 2.18. The topological polar surface area (TPSA) is 75.3 Å². The first-order valence-corrected chi connectivity index (χ1v) is 9.44. The van der Waals surface area contributed by atoms with E-state index in [1.807, 2.05) is 26.0 Å². The van der Waals surface area contributed by atoms with Gasteiger partial charge in [-0.2, -0.15) is 0 Å². The summed E-state index contributed by atoms with van der Waals surface area (Å²) in [6, 6.07) is 13.2. The third kappa shape index (κ3) is 4.70. The van der Waals surface area contributed by atoms with Crippen LogP contribution in [0.4, 0.5) is 5.69 Å². The van der Waals surface area contributed by atoms with Crippen molar-refractivity contribution in [3.63, 3.8) is 0 Å². The van der Waals surface area contributed by atoms with E-state index in [-0.39, 0.29) is 22.3 Å². The highest BCUT2D eigenvalue weighted by Crippen LogP contribution is 2.26. The highest BCUT2D eigenvalue weighted by molar-refractivity contribution is 7.92. The van der Waals surface area contributed by atoms with Crippen molar-refractivity contribution >= 4 is 21.6 Å². The predicted octanol–water partition coefficient (Wildman–Crippen LogP) is 3.53. The minimum absolute atomic E-state index is 0.0392. The summed E-state index contributed by atoms with van der Waals surface area (Å²) in [7, 11) is -3.80. The third-order valence-corrected chi connectivity index (χ3v) is 5.00. The number of sulfonamides is 1. The van der Waals surface area contributed by atoms with Gasteiger partial charge in [-0.25, -0.2) is 8.42 Å².